The number of hydrogen-bond acceptors (Lipinski definition) is 4. The lowest BCUT2D eigenvalue weighted by molar-refractivity contribution is -0.262. The fourth-order valence-corrected chi connectivity index (χ4v) is 2.92. The predicted molar refractivity (Wildman–Crippen MR) is 84.2 cm³/mol. The van der Waals surface area contributed by atoms with Gasteiger partial charge in [0.15, 0.2) is 5.82 Å². The first kappa shape index (κ1) is 17.8. The molecule has 9 heteroatoms. The van der Waals surface area contributed by atoms with Crippen molar-refractivity contribution in [3.05, 3.63) is 18.1 Å². The van der Waals surface area contributed by atoms with E-state index in [4.69, 9.17) is 4.74 Å². The van der Waals surface area contributed by atoms with Crippen LogP contribution in [-0.4, -0.2) is 36.2 Å². The van der Waals surface area contributed by atoms with Crippen LogP contribution in [0.3, 0.4) is 0 Å². The highest BCUT2D eigenvalue weighted by molar-refractivity contribution is 5.58. The van der Waals surface area contributed by atoms with Gasteiger partial charge in [-0.15, -0.1) is 5.10 Å². The van der Waals surface area contributed by atoms with E-state index in [2.05, 4.69) is 10.1 Å². The third-order valence-electron chi connectivity index (χ3n) is 4.09. The molecule has 2 aromatic rings. The van der Waals surface area contributed by atoms with Crippen LogP contribution in [0.15, 0.2) is 12.3 Å². The molecule has 0 fully saturated rings. The van der Waals surface area contributed by atoms with Crippen LogP contribution in [-0.2, 0) is 12.1 Å². The van der Waals surface area contributed by atoms with Crippen LogP contribution in [0.4, 0.5) is 13.2 Å². The Labute approximate surface area is 143 Å². The summed E-state index contributed by atoms with van der Waals surface area (Å²) in [5.74, 6) is -0.0262. The SMILES string of the molecule is C[C@H]1Cn2nc(OC(C)(C)C)cc2-c2cnc(C(C)(O)C(F)(F)F)n21. The number of aromatic nitrogens is 4. The molecule has 0 saturated heterocycles. The standard InChI is InChI=1S/C16H21F3N4O2/c1-9-8-22-10(6-12(21-22)25-14(2,3)4)11-7-20-13(23(9)11)15(5,24)16(17,18)19/h6-7,9,24H,8H2,1-5H3/t9-,15?/m0/s1. The van der Waals surface area contributed by atoms with Crippen LogP contribution < -0.4 is 4.74 Å². The van der Waals surface area contributed by atoms with Gasteiger partial charge in [-0.1, -0.05) is 0 Å². The van der Waals surface area contributed by atoms with Crippen LogP contribution in [0.1, 0.15) is 46.5 Å². The van der Waals surface area contributed by atoms with E-state index >= 15 is 0 Å². The fourth-order valence-electron chi connectivity index (χ4n) is 2.92. The van der Waals surface area contributed by atoms with Crippen molar-refractivity contribution in [2.24, 2.45) is 0 Å². The van der Waals surface area contributed by atoms with E-state index in [1.54, 1.807) is 17.7 Å². The molecule has 0 bridgehead atoms. The van der Waals surface area contributed by atoms with E-state index in [1.807, 2.05) is 20.8 Å². The molecular weight excluding hydrogens is 337 g/mol. The van der Waals surface area contributed by atoms with Crippen molar-refractivity contribution in [2.75, 3.05) is 0 Å². The van der Waals surface area contributed by atoms with Crippen molar-refractivity contribution >= 4 is 0 Å². The maximum atomic E-state index is 13.2. The molecule has 138 valence electrons. The highest BCUT2D eigenvalue weighted by Gasteiger charge is 2.55. The lowest BCUT2D eigenvalue weighted by Gasteiger charge is -2.31. The molecule has 25 heavy (non-hydrogen) atoms. The second-order valence-corrected chi connectivity index (χ2v) is 7.52. The average molecular weight is 358 g/mol. The summed E-state index contributed by atoms with van der Waals surface area (Å²) in [5, 5.41) is 14.4. The maximum Gasteiger partial charge on any atom is 0.424 e. The molecule has 0 saturated carbocycles. The van der Waals surface area contributed by atoms with Crippen molar-refractivity contribution in [1.29, 1.82) is 0 Å². The first-order valence-corrected chi connectivity index (χ1v) is 7.95. The zero-order chi connectivity index (χ0) is 18.8. The fraction of sp³-hybridized carbons (Fsp3) is 0.625. The number of rotatable bonds is 2. The molecule has 1 aliphatic rings. The molecule has 0 aromatic carbocycles. The Balaban J connectivity index is 2.09. The minimum atomic E-state index is -4.83. The zero-order valence-electron chi connectivity index (χ0n) is 14.7. The molecule has 1 N–H and O–H groups in total. The predicted octanol–water partition coefficient (Wildman–Crippen LogP) is 3.27. The number of imidazole rings is 1. The second kappa shape index (κ2) is 5.23. The van der Waals surface area contributed by atoms with E-state index < -0.39 is 23.2 Å². The van der Waals surface area contributed by atoms with Crippen LogP contribution in [0.2, 0.25) is 0 Å². The van der Waals surface area contributed by atoms with E-state index in [1.165, 1.54) is 10.8 Å². The van der Waals surface area contributed by atoms with Gasteiger partial charge in [0.25, 0.3) is 0 Å². The number of alkyl halides is 3. The molecular formula is C16H21F3N4O2. The van der Waals surface area contributed by atoms with Gasteiger partial charge in [-0.2, -0.15) is 13.2 Å². The van der Waals surface area contributed by atoms with Crippen molar-refractivity contribution in [3.63, 3.8) is 0 Å². The first-order chi connectivity index (χ1) is 11.3. The first-order valence-electron chi connectivity index (χ1n) is 7.95. The van der Waals surface area contributed by atoms with Gasteiger partial charge in [-0.25, -0.2) is 4.98 Å². The van der Waals surface area contributed by atoms with Crippen LogP contribution >= 0.6 is 0 Å². The van der Waals surface area contributed by atoms with Gasteiger partial charge in [-0.05, 0) is 34.6 Å². The number of hydrogen-bond donors (Lipinski definition) is 1. The molecule has 0 spiro atoms. The number of ether oxygens (including phenoxy) is 1. The van der Waals surface area contributed by atoms with Crippen molar-refractivity contribution in [2.45, 2.75) is 64.6 Å². The third-order valence-corrected chi connectivity index (χ3v) is 4.09. The highest BCUT2D eigenvalue weighted by atomic mass is 19.4. The van der Waals surface area contributed by atoms with Gasteiger partial charge in [0.2, 0.25) is 11.5 Å². The summed E-state index contributed by atoms with van der Waals surface area (Å²) < 4.78 is 48.6. The third kappa shape index (κ3) is 2.90. The molecule has 3 rings (SSSR count). The summed E-state index contributed by atoms with van der Waals surface area (Å²) in [6.45, 7) is 8.49. The van der Waals surface area contributed by atoms with Gasteiger partial charge in [-0.3, -0.25) is 4.68 Å². The van der Waals surface area contributed by atoms with E-state index in [0.29, 0.717) is 23.8 Å². The molecule has 2 aromatic heterocycles. The molecule has 1 unspecified atom stereocenters. The average Bonchev–Trinajstić information content (AvgIpc) is 2.99. The molecule has 2 atom stereocenters. The molecule has 0 radical (unpaired) electrons. The molecule has 1 aliphatic heterocycles. The Morgan fingerprint density at radius 2 is 1.84 bits per heavy atom. The van der Waals surface area contributed by atoms with E-state index in [0.717, 1.165) is 6.92 Å². The second-order valence-electron chi connectivity index (χ2n) is 7.52. The summed E-state index contributed by atoms with van der Waals surface area (Å²) in [5.41, 5.74) is -2.41. The summed E-state index contributed by atoms with van der Waals surface area (Å²) in [4.78, 5) is 3.88. The van der Waals surface area contributed by atoms with Crippen LogP contribution in [0, 0.1) is 0 Å². The number of fused-ring (bicyclic) bond motifs is 3. The smallest absolute Gasteiger partial charge is 0.424 e. The zero-order valence-corrected chi connectivity index (χ0v) is 14.7. The molecule has 3 heterocycles. The minimum absolute atomic E-state index is 0.351. The van der Waals surface area contributed by atoms with Crippen molar-refractivity contribution < 1.29 is 23.0 Å². The van der Waals surface area contributed by atoms with Gasteiger partial charge < -0.3 is 14.4 Å². The largest absolute Gasteiger partial charge is 0.471 e. The quantitative estimate of drug-likeness (QED) is 0.895. The Morgan fingerprint density at radius 1 is 1.20 bits per heavy atom. The number of aliphatic hydroxyl groups is 1. The Morgan fingerprint density at radius 3 is 2.40 bits per heavy atom. The summed E-state index contributed by atoms with van der Waals surface area (Å²) in [6, 6.07) is 1.33. The highest BCUT2D eigenvalue weighted by Crippen LogP contribution is 2.42. The minimum Gasteiger partial charge on any atom is -0.471 e. The molecule has 6 nitrogen and oxygen atoms in total. The Kier molecular flexibility index (Phi) is 3.72. The lowest BCUT2D eigenvalue weighted by Crippen LogP contribution is -2.42. The topological polar surface area (TPSA) is 65.1 Å². The Bertz CT molecular complexity index is 799. The van der Waals surface area contributed by atoms with Gasteiger partial charge >= 0.3 is 6.18 Å². The van der Waals surface area contributed by atoms with E-state index in [-0.39, 0.29) is 6.04 Å². The normalized spacial score (nSPS) is 20.0. The van der Waals surface area contributed by atoms with E-state index in [9.17, 15) is 18.3 Å². The summed E-state index contributed by atoms with van der Waals surface area (Å²) >= 11 is 0. The van der Waals surface area contributed by atoms with Gasteiger partial charge in [0.1, 0.15) is 5.60 Å². The molecule has 0 aliphatic carbocycles. The van der Waals surface area contributed by atoms with Crippen LogP contribution in [0.25, 0.3) is 11.4 Å². The Hall–Kier alpha value is -2.03. The summed E-state index contributed by atoms with van der Waals surface area (Å²) in [6.07, 6.45) is -3.49. The number of halogens is 3. The van der Waals surface area contributed by atoms with Gasteiger partial charge in [0.05, 0.1) is 30.2 Å². The maximum absolute atomic E-state index is 13.2. The summed E-state index contributed by atoms with van der Waals surface area (Å²) in [7, 11) is 0. The molecule has 0 amide bonds. The van der Waals surface area contributed by atoms with Crippen molar-refractivity contribution in [1.82, 2.24) is 19.3 Å². The van der Waals surface area contributed by atoms with Crippen LogP contribution in [0.5, 0.6) is 5.88 Å². The number of nitrogens with zero attached hydrogens (tertiary/aromatic N) is 4. The lowest BCUT2D eigenvalue weighted by atomic mass is 10.0. The van der Waals surface area contributed by atoms with Gasteiger partial charge in [0, 0.05) is 6.07 Å². The monoisotopic (exact) mass is 358 g/mol. The van der Waals surface area contributed by atoms with Crippen molar-refractivity contribution in [3.8, 4) is 17.3 Å².